The third-order valence-electron chi connectivity index (χ3n) is 4.76. The van der Waals surface area contributed by atoms with E-state index in [9.17, 15) is 19.2 Å². The van der Waals surface area contributed by atoms with Crippen molar-refractivity contribution in [2.24, 2.45) is 0 Å². The average molecular weight is 577 g/mol. The number of ketones is 2. The van der Waals surface area contributed by atoms with Crippen LogP contribution in [0.25, 0.3) is 0 Å². The highest BCUT2D eigenvalue weighted by Crippen LogP contribution is 2.11. The molecule has 0 fully saturated rings. The number of ether oxygens (including phenoxy) is 6. The molecule has 0 saturated heterocycles. The predicted molar refractivity (Wildman–Crippen MR) is 149 cm³/mol. The van der Waals surface area contributed by atoms with Gasteiger partial charge < -0.3 is 39.1 Å². The van der Waals surface area contributed by atoms with Crippen LogP contribution in [-0.2, 0) is 47.6 Å². The molecule has 0 aromatic rings. The monoisotopic (exact) mass is 576 g/mol. The van der Waals surface area contributed by atoms with E-state index in [-0.39, 0.29) is 24.4 Å². The number of carbonyl (C=O) groups excluding carboxylic acids is 4. The first-order chi connectivity index (χ1) is 18.6. The maximum absolute atomic E-state index is 12.2. The minimum atomic E-state index is -0.699. The van der Waals surface area contributed by atoms with Gasteiger partial charge in [-0.05, 0) is 55.4 Å². The molecule has 40 heavy (non-hydrogen) atoms. The van der Waals surface area contributed by atoms with Gasteiger partial charge in [-0.2, -0.15) is 0 Å². The SMILES string of the molecule is CC(=O)C[C@H](NCCOCCOCCOCCOCCN[C@@H](CC(C)=O)C(=O)OC(C)(C)C)C(=O)OC(C)(C)C. The lowest BCUT2D eigenvalue weighted by atomic mass is 10.1. The van der Waals surface area contributed by atoms with Crippen LogP contribution in [0.15, 0.2) is 0 Å². The van der Waals surface area contributed by atoms with Crippen molar-refractivity contribution in [1.82, 2.24) is 10.6 Å². The van der Waals surface area contributed by atoms with E-state index in [1.807, 2.05) is 0 Å². The molecule has 0 aromatic heterocycles. The smallest absolute Gasteiger partial charge is 0.324 e. The number of hydrogen-bond donors (Lipinski definition) is 2. The first-order valence-corrected chi connectivity index (χ1v) is 13.8. The highest BCUT2D eigenvalue weighted by atomic mass is 16.6. The van der Waals surface area contributed by atoms with Crippen molar-refractivity contribution in [2.45, 2.75) is 91.5 Å². The van der Waals surface area contributed by atoms with Crippen molar-refractivity contribution in [1.29, 1.82) is 0 Å². The average Bonchev–Trinajstić information content (AvgIpc) is 2.79. The van der Waals surface area contributed by atoms with Crippen LogP contribution in [0.5, 0.6) is 0 Å². The first-order valence-electron chi connectivity index (χ1n) is 13.8. The Morgan fingerprint density at radius 2 is 0.800 bits per heavy atom. The molecule has 0 aromatic carbocycles. The Morgan fingerprint density at radius 3 is 1.05 bits per heavy atom. The molecule has 2 atom stereocenters. The van der Waals surface area contributed by atoms with Gasteiger partial charge in [-0.3, -0.25) is 19.2 Å². The third kappa shape index (κ3) is 23.9. The summed E-state index contributed by atoms with van der Waals surface area (Å²) < 4.78 is 32.6. The molecule has 234 valence electrons. The van der Waals surface area contributed by atoms with Crippen molar-refractivity contribution in [3.63, 3.8) is 0 Å². The fourth-order valence-electron chi connectivity index (χ4n) is 3.17. The van der Waals surface area contributed by atoms with Gasteiger partial charge in [-0.25, -0.2) is 0 Å². The molecule has 0 aliphatic rings. The zero-order chi connectivity index (χ0) is 30.6. The highest BCUT2D eigenvalue weighted by Gasteiger charge is 2.27. The largest absolute Gasteiger partial charge is 0.459 e. The number of carbonyl (C=O) groups is 4. The van der Waals surface area contributed by atoms with E-state index in [1.165, 1.54) is 13.8 Å². The Kier molecular flexibility index (Phi) is 19.8. The number of nitrogens with one attached hydrogen (secondary N) is 2. The molecule has 0 aliphatic carbocycles. The molecular formula is C28H52N2O10. The zero-order valence-corrected chi connectivity index (χ0v) is 25.7. The van der Waals surface area contributed by atoms with Crippen LogP contribution in [0.1, 0.15) is 68.2 Å². The normalized spacial score (nSPS) is 13.5. The Hall–Kier alpha value is -1.96. The van der Waals surface area contributed by atoms with E-state index in [0.29, 0.717) is 65.9 Å². The van der Waals surface area contributed by atoms with Crippen LogP contribution < -0.4 is 10.6 Å². The van der Waals surface area contributed by atoms with Gasteiger partial charge >= 0.3 is 11.9 Å². The number of Topliss-reactive ketones (excluding diaryl/α,β-unsaturated/α-hetero) is 2. The molecule has 0 spiro atoms. The summed E-state index contributed by atoms with van der Waals surface area (Å²) in [6.45, 7) is 17.4. The highest BCUT2D eigenvalue weighted by molar-refractivity contribution is 5.85. The van der Waals surface area contributed by atoms with Crippen LogP contribution in [-0.4, -0.2) is 113 Å². The van der Waals surface area contributed by atoms with Crippen LogP contribution in [0.3, 0.4) is 0 Å². The van der Waals surface area contributed by atoms with Gasteiger partial charge in [0.1, 0.15) is 34.9 Å². The summed E-state index contributed by atoms with van der Waals surface area (Å²) in [6, 6.07) is -1.40. The molecule has 12 heteroatoms. The number of hydrogen-bond acceptors (Lipinski definition) is 12. The van der Waals surface area contributed by atoms with Gasteiger partial charge in [-0.1, -0.05) is 0 Å². The van der Waals surface area contributed by atoms with Crippen molar-refractivity contribution in [2.75, 3.05) is 65.9 Å². The van der Waals surface area contributed by atoms with E-state index in [2.05, 4.69) is 10.6 Å². The molecule has 0 bridgehead atoms. The van der Waals surface area contributed by atoms with Gasteiger partial charge in [0.2, 0.25) is 0 Å². The fraction of sp³-hybridized carbons (Fsp3) is 0.857. The summed E-state index contributed by atoms with van der Waals surface area (Å²) in [5.41, 5.74) is -1.25. The van der Waals surface area contributed by atoms with Crippen molar-refractivity contribution in [3.8, 4) is 0 Å². The summed E-state index contributed by atoms with van der Waals surface area (Å²) in [4.78, 5) is 47.4. The fourth-order valence-corrected chi connectivity index (χ4v) is 3.17. The van der Waals surface area contributed by atoms with E-state index in [1.54, 1.807) is 41.5 Å². The summed E-state index contributed by atoms with van der Waals surface area (Å²) in [5, 5.41) is 6.02. The lowest BCUT2D eigenvalue weighted by Gasteiger charge is -2.24. The van der Waals surface area contributed by atoms with Gasteiger partial charge in [0.15, 0.2) is 0 Å². The van der Waals surface area contributed by atoms with Gasteiger partial charge in [0.25, 0.3) is 0 Å². The summed E-state index contributed by atoms with van der Waals surface area (Å²) in [6.07, 6.45) is 0.130. The van der Waals surface area contributed by atoms with Crippen molar-refractivity contribution < 1.29 is 47.6 Å². The molecule has 0 rings (SSSR count). The first kappa shape index (κ1) is 38.0. The molecule has 2 N–H and O–H groups in total. The quantitative estimate of drug-likeness (QED) is 0.134. The maximum atomic E-state index is 12.2. The second-order valence-corrected chi connectivity index (χ2v) is 11.3. The molecule has 0 heterocycles. The third-order valence-corrected chi connectivity index (χ3v) is 4.76. The molecule has 0 aliphatic heterocycles. The lowest BCUT2D eigenvalue weighted by Crippen LogP contribution is -2.43. The number of rotatable bonds is 23. The Labute approximate surface area is 239 Å². The van der Waals surface area contributed by atoms with E-state index in [0.717, 1.165) is 0 Å². The van der Waals surface area contributed by atoms with Crippen LogP contribution in [0, 0.1) is 0 Å². The van der Waals surface area contributed by atoms with E-state index < -0.39 is 35.2 Å². The maximum Gasteiger partial charge on any atom is 0.324 e. The molecule has 12 nitrogen and oxygen atoms in total. The Morgan fingerprint density at radius 1 is 0.525 bits per heavy atom. The minimum Gasteiger partial charge on any atom is -0.459 e. The Bertz CT molecular complexity index is 684. The molecule has 0 amide bonds. The molecule has 0 radical (unpaired) electrons. The lowest BCUT2D eigenvalue weighted by molar-refractivity contribution is -0.159. The minimum absolute atomic E-state index is 0.0651. The predicted octanol–water partition coefficient (Wildman–Crippen LogP) is 1.61. The summed E-state index contributed by atoms with van der Waals surface area (Å²) >= 11 is 0. The van der Waals surface area contributed by atoms with E-state index >= 15 is 0 Å². The van der Waals surface area contributed by atoms with Crippen LogP contribution >= 0.6 is 0 Å². The summed E-state index contributed by atoms with van der Waals surface area (Å²) in [7, 11) is 0. The second-order valence-electron chi connectivity index (χ2n) is 11.3. The van der Waals surface area contributed by atoms with Crippen molar-refractivity contribution >= 4 is 23.5 Å². The zero-order valence-electron chi connectivity index (χ0n) is 25.7. The summed E-state index contributed by atoms with van der Waals surface area (Å²) in [5.74, 6) is -1.11. The molecular weight excluding hydrogens is 524 g/mol. The van der Waals surface area contributed by atoms with Crippen LogP contribution in [0.4, 0.5) is 0 Å². The van der Waals surface area contributed by atoms with Gasteiger partial charge in [0.05, 0.1) is 52.9 Å². The van der Waals surface area contributed by atoms with E-state index in [4.69, 9.17) is 28.4 Å². The Balaban J connectivity index is 3.79. The second kappa shape index (κ2) is 20.8. The standard InChI is InChI=1S/C28H52N2O10/c1-21(31)19-23(25(33)39-27(3,4)5)29-9-11-35-13-15-37-17-18-38-16-14-36-12-10-30-24(20-22(2)32)26(34)40-28(6,7)8/h23-24,29-30H,9-20H2,1-8H3/t23-,24-/m0/s1. The van der Waals surface area contributed by atoms with Crippen LogP contribution in [0.2, 0.25) is 0 Å². The molecule has 0 unspecified atom stereocenters. The topological polar surface area (TPSA) is 148 Å². The molecule has 0 saturated carbocycles. The van der Waals surface area contributed by atoms with Gasteiger partial charge in [0, 0.05) is 25.9 Å². The van der Waals surface area contributed by atoms with Crippen molar-refractivity contribution in [3.05, 3.63) is 0 Å². The number of esters is 2. The van der Waals surface area contributed by atoms with Gasteiger partial charge in [-0.15, -0.1) is 0 Å².